The average Bonchev–Trinajstić information content (AvgIpc) is 3.40. The minimum atomic E-state index is 0.347. The highest BCUT2D eigenvalue weighted by molar-refractivity contribution is 7.98. The maximum atomic E-state index is 5.54. The molecular formula is C17H13N3O4S. The van der Waals surface area contributed by atoms with Gasteiger partial charge in [-0.15, -0.1) is 10.2 Å². The Morgan fingerprint density at radius 2 is 2.04 bits per heavy atom. The molecule has 0 saturated heterocycles. The van der Waals surface area contributed by atoms with Gasteiger partial charge in [0.1, 0.15) is 17.2 Å². The number of hydrogen-bond donors (Lipinski definition) is 0. The lowest BCUT2D eigenvalue weighted by atomic mass is 10.1. The van der Waals surface area contributed by atoms with Crippen LogP contribution in [0.15, 0.2) is 67.3 Å². The maximum Gasteiger partial charge on any atom is 0.284 e. The van der Waals surface area contributed by atoms with Crippen LogP contribution in [0.1, 0.15) is 5.76 Å². The maximum absolute atomic E-state index is 5.54. The normalized spacial score (nSPS) is 10.9. The largest absolute Gasteiger partial charge is 0.496 e. The van der Waals surface area contributed by atoms with Crippen molar-refractivity contribution in [3.8, 4) is 28.7 Å². The Labute approximate surface area is 147 Å². The molecule has 0 aliphatic rings. The van der Waals surface area contributed by atoms with Crippen LogP contribution in [0.5, 0.6) is 5.75 Å². The molecule has 0 bridgehead atoms. The average molecular weight is 355 g/mol. The fourth-order valence-electron chi connectivity index (χ4n) is 2.26. The van der Waals surface area contributed by atoms with Gasteiger partial charge in [0.25, 0.3) is 11.1 Å². The van der Waals surface area contributed by atoms with Crippen LogP contribution in [-0.2, 0) is 5.75 Å². The molecule has 0 aliphatic carbocycles. The van der Waals surface area contributed by atoms with E-state index in [0.29, 0.717) is 28.4 Å². The third kappa shape index (κ3) is 3.29. The van der Waals surface area contributed by atoms with Crippen LogP contribution in [0.25, 0.3) is 22.9 Å². The van der Waals surface area contributed by atoms with E-state index in [0.717, 1.165) is 17.0 Å². The zero-order valence-electron chi connectivity index (χ0n) is 13.2. The monoisotopic (exact) mass is 355 g/mol. The SMILES string of the molecule is COc1ccccc1-c1cc(CSc2nnc(-c3ccco3)o2)on1. The predicted molar refractivity (Wildman–Crippen MR) is 90.1 cm³/mol. The summed E-state index contributed by atoms with van der Waals surface area (Å²) in [6, 6.07) is 13.0. The summed E-state index contributed by atoms with van der Waals surface area (Å²) in [4.78, 5) is 0. The van der Waals surface area contributed by atoms with Crippen LogP contribution in [0.2, 0.25) is 0 Å². The lowest BCUT2D eigenvalue weighted by Gasteiger charge is -2.03. The predicted octanol–water partition coefficient (Wildman–Crippen LogP) is 4.29. The number of thioether (sulfide) groups is 1. The Balaban J connectivity index is 1.45. The number of benzene rings is 1. The van der Waals surface area contributed by atoms with Crippen molar-refractivity contribution in [2.75, 3.05) is 7.11 Å². The van der Waals surface area contributed by atoms with Gasteiger partial charge in [-0.1, -0.05) is 29.1 Å². The van der Waals surface area contributed by atoms with Crippen molar-refractivity contribution in [2.45, 2.75) is 11.0 Å². The third-order valence-electron chi connectivity index (χ3n) is 3.42. The van der Waals surface area contributed by atoms with Gasteiger partial charge in [0, 0.05) is 11.6 Å². The number of hydrogen-bond acceptors (Lipinski definition) is 8. The van der Waals surface area contributed by atoms with Crippen LogP contribution in [0.3, 0.4) is 0 Å². The molecule has 0 aliphatic heterocycles. The quantitative estimate of drug-likeness (QED) is 0.473. The number of ether oxygens (including phenoxy) is 1. The van der Waals surface area contributed by atoms with Gasteiger partial charge in [-0.25, -0.2) is 0 Å². The van der Waals surface area contributed by atoms with Crippen molar-refractivity contribution in [1.29, 1.82) is 0 Å². The molecule has 0 amide bonds. The molecule has 126 valence electrons. The Bertz CT molecular complexity index is 962. The second-order valence-electron chi connectivity index (χ2n) is 5.02. The third-order valence-corrected chi connectivity index (χ3v) is 4.26. The molecule has 7 nitrogen and oxygen atoms in total. The van der Waals surface area contributed by atoms with E-state index in [4.69, 9.17) is 18.1 Å². The van der Waals surface area contributed by atoms with E-state index in [-0.39, 0.29) is 0 Å². The van der Waals surface area contributed by atoms with E-state index >= 15 is 0 Å². The number of aromatic nitrogens is 3. The molecule has 0 fully saturated rings. The van der Waals surface area contributed by atoms with E-state index in [1.165, 1.54) is 11.8 Å². The number of furan rings is 1. The zero-order chi connectivity index (χ0) is 17.1. The number of rotatable bonds is 6. The Kier molecular flexibility index (Phi) is 4.26. The number of para-hydroxylation sites is 1. The zero-order valence-corrected chi connectivity index (χ0v) is 14.0. The van der Waals surface area contributed by atoms with Crippen LogP contribution in [0, 0.1) is 0 Å². The molecule has 0 N–H and O–H groups in total. The number of methoxy groups -OCH3 is 1. The molecule has 0 atom stereocenters. The smallest absolute Gasteiger partial charge is 0.284 e. The lowest BCUT2D eigenvalue weighted by Crippen LogP contribution is -1.86. The van der Waals surface area contributed by atoms with E-state index in [1.807, 2.05) is 30.3 Å². The molecule has 25 heavy (non-hydrogen) atoms. The Morgan fingerprint density at radius 3 is 2.88 bits per heavy atom. The molecular weight excluding hydrogens is 342 g/mol. The molecule has 0 saturated carbocycles. The topological polar surface area (TPSA) is 87.3 Å². The van der Waals surface area contributed by atoms with Gasteiger partial charge in [-0.2, -0.15) is 0 Å². The fraction of sp³-hybridized carbons (Fsp3) is 0.118. The molecule has 4 rings (SSSR count). The van der Waals surface area contributed by atoms with Crippen molar-refractivity contribution >= 4 is 11.8 Å². The summed E-state index contributed by atoms with van der Waals surface area (Å²) in [5, 5.41) is 12.5. The van der Waals surface area contributed by atoms with Gasteiger partial charge in [-0.05, 0) is 24.3 Å². The van der Waals surface area contributed by atoms with E-state index in [1.54, 1.807) is 25.5 Å². The second kappa shape index (κ2) is 6.86. The molecule has 8 heteroatoms. The van der Waals surface area contributed by atoms with Crippen LogP contribution in [0.4, 0.5) is 0 Å². The van der Waals surface area contributed by atoms with Crippen LogP contribution in [-0.4, -0.2) is 22.5 Å². The van der Waals surface area contributed by atoms with E-state index < -0.39 is 0 Å². The lowest BCUT2D eigenvalue weighted by molar-refractivity contribution is 0.394. The highest BCUT2D eigenvalue weighted by Crippen LogP contribution is 2.31. The second-order valence-corrected chi connectivity index (χ2v) is 5.94. The first-order chi connectivity index (χ1) is 12.3. The summed E-state index contributed by atoms with van der Waals surface area (Å²) in [5.41, 5.74) is 1.60. The molecule has 1 aromatic carbocycles. The molecule has 4 aromatic rings. The highest BCUT2D eigenvalue weighted by atomic mass is 32.2. The molecule has 0 radical (unpaired) electrons. The van der Waals surface area contributed by atoms with Crippen molar-refractivity contribution in [3.63, 3.8) is 0 Å². The minimum absolute atomic E-state index is 0.347. The van der Waals surface area contributed by atoms with Gasteiger partial charge in [-0.3, -0.25) is 0 Å². The standard InChI is InChI=1S/C17H13N3O4S/c1-21-14-6-3-2-5-12(14)13-9-11(24-20-13)10-25-17-19-18-16(23-17)15-7-4-8-22-15/h2-9H,10H2,1H3. The highest BCUT2D eigenvalue weighted by Gasteiger charge is 2.14. The summed E-state index contributed by atoms with van der Waals surface area (Å²) in [6.45, 7) is 0. The van der Waals surface area contributed by atoms with Crippen molar-refractivity contribution in [2.24, 2.45) is 0 Å². The molecule has 0 unspecified atom stereocenters. The Hall–Kier alpha value is -3.00. The van der Waals surface area contributed by atoms with Crippen molar-refractivity contribution < 1.29 is 18.1 Å². The minimum Gasteiger partial charge on any atom is -0.496 e. The first-order valence-electron chi connectivity index (χ1n) is 7.42. The first kappa shape index (κ1) is 15.5. The van der Waals surface area contributed by atoms with Gasteiger partial charge >= 0.3 is 0 Å². The van der Waals surface area contributed by atoms with Gasteiger partial charge < -0.3 is 18.1 Å². The van der Waals surface area contributed by atoms with Gasteiger partial charge in [0.2, 0.25) is 0 Å². The van der Waals surface area contributed by atoms with Gasteiger partial charge in [0.05, 0.1) is 19.1 Å². The molecule has 3 heterocycles. The van der Waals surface area contributed by atoms with Crippen molar-refractivity contribution in [1.82, 2.24) is 15.4 Å². The van der Waals surface area contributed by atoms with Gasteiger partial charge in [0.15, 0.2) is 5.76 Å². The summed E-state index contributed by atoms with van der Waals surface area (Å²) >= 11 is 1.36. The summed E-state index contributed by atoms with van der Waals surface area (Å²) < 4.78 is 21.5. The fourth-order valence-corrected chi connectivity index (χ4v) is 2.90. The van der Waals surface area contributed by atoms with Crippen LogP contribution >= 0.6 is 11.8 Å². The first-order valence-corrected chi connectivity index (χ1v) is 8.41. The van der Waals surface area contributed by atoms with Crippen molar-refractivity contribution in [3.05, 3.63) is 54.5 Å². The molecule has 3 aromatic heterocycles. The number of nitrogens with zero attached hydrogens (tertiary/aromatic N) is 3. The van der Waals surface area contributed by atoms with E-state index in [9.17, 15) is 0 Å². The van der Waals surface area contributed by atoms with E-state index in [2.05, 4.69) is 15.4 Å². The summed E-state index contributed by atoms with van der Waals surface area (Å²) in [6.07, 6.45) is 1.56. The van der Waals surface area contributed by atoms with Crippen LogP contribution < -0.4 is 4.74 Å². The molecule has 0 spiro atoms. The summed E-state index contributed by atoms with van der Waals surface area (Å²) in [5.74, 6) is 2.85. The summed E-state index contributed by atoms with van der Waals surface area (Å²) in [7, 11) is 1.63. The Morgan fingerprint density at radius 1 is 1.12 bits per heavy atom.